The third kappa shape index (κ3) is 5.77. The van der Waals surface area contributed by atoms with E-state index < -0.39 is 0 Å². The lowest BCUT2D eigenvalue weighted by atomic mass is 9.81. The molecule has 3 rings (SSSR count). The van der Waals surface area contributed by atoms with E-state index in [-0.39, 0.29) is 17.5 Å². The first-order valence-corrected chi connectivity index (χ1v) is 10.2. The average Bonchev–Trinajstić information content (AvgIpc) is 2.72. The van der Waals surface area contributed by atoms with Crippen LogP contribution in [0.5, 0.6) is 0 Å². The Morgan fingerprint density at radius 1 is 0.759 bits per heavy atom. The highest BCUT2D eigenvalue weighted by molar-refractivity contribution is 5.24. The molecule has 29 heavy (non-hydrogen) atoms. The third-order valence-corrected chi connectivity index (χ3v) is 5.09. The molecule has 2 atom stereocenters. The SMILES string of the molecule is CC(C)(C)[C@H](c1ccccc1)N(O)[C@@H](COCc1ccccc1)c1ccccc1. The second kappa shape index (κ2) is 9.84. The molecule has 0 spiro atoms. The van der Waals surface area contributed by atoms with Crippen molar-refractivity contribution in [2.24, 2.45) is 5.41 Å². The first-order valence-electron chi connectivity index (χ1n) is 10.2. The fraction of sp³-hybridized carbons (Fsp3) is 0.308. The van der Waals surface area contributed by atoms with E-state index in [4.69, 9.17) is 4.74 Å². The zero-order valence-electron chi connectivity index (χ0n) is 17.5. The molecule has 0 saturated carbocycles. The molecule has 3 aromatic carbocycles. The van der Waals surface area contributed by atoms with E-state index in [0.29, 0.717) is 13.2 Å². The summed E-state index contributed by atoms with van der Waals surface area (Å²) in [6.07, 6.45) is 0. The van der Waals surface area contributed by atoms with Crippen LogP contribution in [0.1, 0.15) is 49.5 Å². The predicted octanol–water partition coefficient (Wildman–Crippen LogP) is 6.42. The molecular formula is C26H31NO2. The lowest BCUT2D eigenvalue weighted by molar-refractivity contribution is -0.201. The van der Waals surface area contributed by atoms with Crippen molar-refractivity contribution in [2.45, 2.75) is 39.5 Å². The first-order chi connectivity index (χ1) is 14.0. The van der Waals surface area contributed by atoms with Crippen molar-refractivity contribution in [3.8, 4) is 0 Å². The van der Waals surface area contributed by atoms with Crippen molar-refractivity contribution >= 4 is 0 Å². The Bertz CT molecular complexity index is 844. The van der Waals surface area contributed by atoms with Crippen LogP contribution in [0.4, 0.5) is 0 Å². The summed E-state index contributed by atoms with van der Waals surface area (Å²) < 4.78 is 6.05. The monoisotopic (exact) mass is 389 g/mol. The number of benzene rings is 3. The number of nitrogens with zero attached hydrogens (tertiary/aromatic N) is 1. The minimum atomic E-state index is -0.274. The van der Waals surface area contributed by atoms with Crippen LogP contribution in [0, 0.1) is 5.41 Å². The number of ether oxygens (including phenoxy) is 1. The summed E-state index contributed by atoms with van der Waals surface area (Å²) in [5.41, 5.74) is 3.08. The second-order valence-electron chi connectivity index (χ2n) is 8.49. The van der Waals surface area contributed by atoms with Crippen molar-refractivity contribution in [1.82, 2.24) is 5.06 Å². The molecule has 152 valence electrons. The van der Waals surface area contributed by atoms with Crippen LogP contribution in [-0.4, -0.2) is 16.9 Å². The van der Waals surface area contributed by atoms with E-state index >= 15 is 0 Å². The predicted molar refractivity (Wildman–Crippen MR) is 118 cm³/mol. The molecule has 0 aromatic heterocycles. The summed E-state index contributed by atoms with van der Waals surface area (Å²) in [5, 5.41) is 12.9. The van der Waals surface area contributed by atoms with Gasteiger partial charge in [-0.3, -0.25) is 0 Å². The number of hydrogen-bond acceptors (Lipinski definition) is 3. The Morgan fingerprint density at radius 3 is 1.76 bits per heavy atom. The minimum absolute atomic E-state index is 0.164. The molecule has 3 aromatic rings. The van der Waals surface area contributed by atoms with Gasteiger partial charge in [0.15, 0.2) is 0 Å². The summed E-state index contributed by atoms with van der Waals surface area (Å²) in [6.45, 7) is 7.38. The number of rotatable bonds is 8. The molecule has 0 saturated heterocycles. The standard InChI is InChI=1S/C26H31NO2/c1-26(2,3)25(23-17-11-6-12-18-23)27(28)24(22-15-9-5-10-16-22)20-29-19-21-13-7-4-8-14-21/h4-18,24-25,28H,19-20H2,1-3H3/t24-,25-/m0/s1. The van der Waals surface area contributed by atoms with Gasteiger partial charge < -0.3 is 9.94 Å². The van der Waals surface area contributed by atoms with Crippen molar-refractivity contribution in [2.75, 3.05) is 6.61 Å². The highest BCUT2D eigenvalue weighted by atomic mass is 16.5. The van der Waals surface area contributed by atoms with Gasteiger partial charge in [0.2, 0.25) is 0 Å². The van der Waals surface area contributed by atoms with Gasteiger partial charge in [0.25, 0.3) is 0 Å². The maximum absolute atomic E-state index is 11.5. The minimum Gasteiger partial charge on any atom is -0.375 e. The molecule has 0 radical (unpaired) electrons. The molecule has 0 bridgehead atoms. The fourth-order valence-electron chi connectivity index (χ4n) is 3.73. The summed E-state index contributed by atoms with van der Waals surface area (Å²) in [7, 11) is 0. The van der Waals surface area contributed by atoms with Crippen LogP contribution in [0.25, 0.3) is 0 Å². The summed E-state index contributed by atoms with van der Waals surface area (Å²) in [5.74, 6) is 0. The van der Waals surface area contributed by atoms with Crippen molar-refractivity contribution in [1.29, 1.82) is 0 Å². The molecule has 0 aliphatic rings. The molecule has 0 aliphatic heterocycles. The van der Waals surface area contributed by atoms with E-state index in [0.717, 1.165) is 16.7 Å². The first kappa shape index (κ1) is 21.3. The molecule has 3 heteroatoms. The number of hydroxylamine groups is 2. The molecule has 3 nitrogen and oxygen atoms in total. The Hall–Kier alpha value is -2.46. The van der Waals surface area contributed by atoms with Gasteiger partial charge in [-0.1, -0.05) is 112 Å². The zero-order valence-corrected chi connectivity index (χ0v) is 17.5. The zero-order chi connectivity index (χ0) is 20.7. The molecule has 0 amide bonds. The average molecular weight is 390 g/mol. The lowest BCUT2D eigenvalue weighted by Crippen LogP contribution is -2.39. The molecule has 1 N–H and O–H groups in total. The smallest absolute Gasteiger partial charge is 0.0840 e. The van der Waals surface area contributed by atoms with Crippen molar-refractivity contribution in [3.63, 3.8) is 0 Å². The van der Waals surface area contributed by atoms with Gasteiger partial charge in [0.1, 0.15) is 0 Å². The molecule has 0 fully saturated rings. The van der Waals surface area contributed by atoms with Crippen LogP contribution in [-0.2, 0) is 11.3 Å². The Morgan fingerprint density at radius 2 is 1.24 bits per heavy atom. The quantitative estimate of drug-likeness (QED) is 0.451. The van der Waals surface area contributed by atoms with Gasteiger partial charge in [-0.25, -0.2) is 0 Å². The van der Waals surface area contributed by atoms with Gasteiger partial charge in [-0.15, -0.1) is 0 Å². The van der Waals surface area contributed by atoms with Crippen LogP contribution < -0.4 is 0 Å². The Labute approximate surface area is 174 Å². The van der Waals surface area contributed by atoms with Gasteiger partial charge >= 0.3 is 0 Å². The van der Waals surface area contributed by atoms with Crippen LogP contribution >= 0.6 is 0 Å². The Balaban J connectivity index is 1.85. The molecular weight excluding hydrogens is 358 g/mol. The number of hydrogen-bond donors (Lipinski definition) is 1. The third-order valence-electron chi connectivity index (χ3n) is 5.09. The van der Waals surface area contributed by atoms with E-state index in [9.17, 15) is 5.21 Å². The van der Waals surface area contributed by atoms with E-state index in [1.54, 1.807) is 0 Å². The van der Waals surface area contributed by atoms with Gasteiger partial charge in [0, 0.05) is 0 Å². The van der Waals surface area contributed by atoms with E-state index in [2.05, 4.69) is 45.0 Å². The second-order valence-corrected chi connectivity index (χ2v) is 8.49. The van der Waals surface area contributed by atoms with Crippen molar-refractivity contribution in [3.05, 3.63) is 108 Å². The summed E-state index contributed by atoms with van der Waals surface area (Å²) in [6, 6.07) is 30.0. The van der Waals surface area contributed by atoms with Gasteiger partial charge in [-0.05, 0) is 22.1 Å². The topological polar surface area (TPSA) is 32.7 Å². The van der Waals surface area contributed by atoms with E-state index in [1.807, 2.05) is 66.7 Å². The van der Waals surface area contributed by atoms with Crippen LogP contribution in [0.3, 0.4) is 0 Å². The van der Waals surface area contributed by atoms with Gasteiger partial charge in [-0.2, -0.15) is 5.06 Å². The van der Waals surface area contributed by atoms with Crippen LogP contribution in [0.2, 0.25) is 0 Å². The maximum Gasteiger partial charge on any atom is 0.0840 e. The highest BCUT2D eigenvalue weighted by Crippen LogP contribution is 2.41. The largest absolute Gasteiger partial charge is 0.375 e. The molecule has 0 unspecified atom stereocenters. The normalized spacial score (nSPS) is 14.0. The van der Waals surface area contributed by atoms with Crippen molar-refractivity contribution < 1.29 is 9.94 Å². The highest BCUT2D eigenvalue weighted by Gasteiger charge is 2.36. The summed E-state index contributed by atoms with van der Waals surface area (Å²) in [4.78, 5) is 0. The molecule has 0 heterocycles. The van der Waals surface area contributed by atoms with Crippen LogP contribution in [0.15, 0.2) is 91.0 Å². The van der Waals surface area contributed by atoms with Gasteiger partial charge in [0.05, 0.1) is 25.3 Å². The molecule has 0 aliphatic carbocycles. The summed E-state index contributed by atoms with van der Waals surface area (Å²) >= 11 is 0. The Kier molecular flexibility index (Phi) is 7.21. The van der Waals surface area contributed by atoms with E-state index in [1.165, 1.54) is 5.06 Å². The lowest BCUT2D eigenvalue weighted by Gasteiger charge is -2.40. The fourth-order valence-corrected chi connectivity index (χ4v) is 3.73. The maximum atomic E-state index is 11.5.